The summed E-state index contributed by atoms with van der Waals surface area (Å²) < 4.78 is 5.48. The Balaban J connectivity index is 1.44. The van der Waals surface area contributed by atoms with E-state index in [1.807, 2.05) is 18.2 Å². The van der Waals surface area contributed by atoms with Crippen LogP contribution in [0.4, 0.5) is 0 Å². The summed E-state index contributed by atoms with van der Waals surface area (Å²) in [5.41, 5.74) is 1.50. The van der Waals surface area contributed by atoms with Gasteiger partial charge in [0.1, 0.15) is 5.69 Å². The molecule has 0 unspecified atom stereocenters. The summed E-state index contributed by atoms with van der Waals surface area (Å²) in [6, 6.07) is 7.28. The molecule has 0 radical (unpaired) electrons. The highest BCUT2D eigenvalue weighted by Crippen LogP contribution is 2.28. The van der Waals surface area contributed by atoms with E-state index in [0.29, 0.717) is 23.4 Å². The third-order valence-corrected chi connectivity index (χ3v) is 5.22. The van der Waals surface area contributed by atoms with Crippen molar-refractivity contribution in [3.63, 3.8) is 0 Å². The van der Waals surface area contributed by atoms with Crippen LogP contribution < -0.4 is 5.56 Å². The van der Waals surface area contributed by atoms with E-state index in [1.165, 1.54) is 6.42 Å². The van der Waals surface area contributed by atoms with Gasteiger partial charge in [-0.05, 0) is 50.4 Å². The fourth-order valence-electron chi connectivity index (χ4n) is 3.81. The molecule has 6 heteroatoms. The molecule has 2 aromatic rings. The molecule has 2 fully saturated rings. The maximum Gasteiger partial charge on any atom is 0.251 e. The van der Waals surface area contributed by atoms with Crippen molar-refractivity contribution in [2.45, 2.75) is 25.2 Å². The van der Waals surface area contributed by atoms with Crippen LogP contribution in [0, 0.1) is 5.92 Å². The Morgan fingerprint density at radius 3 is 2.84 bits per heavy atom. The first-order valence-corrected chi connectivity index (χ1v) is 9.11. The van der Waals surface area contributed by atoms with Crippen LogP contribution in [0.15, 0.2) is 35.3 Å². The number of aromatic nitrogens is 3. The Morgan fingerprint density at radius 2 is 2.12 bits per heavy atom. The lowest BCUT2D eigenvalue weighted by Gasteiger charge is -2.33. The van der Waals surface area contributed by atoms with Crippen LogP contribution in [0.5, 0.6) is 0 Å². The van der Waals surface area contributed by atoms with E-state index in [4.69, 9.17) is 9.72 Å². The summed E-state index contributed by atoms with van der Waals surface area (Å²) in [5, 5.41) is 0. The number of nitrogens with one attached hydrogen (secondary N) is 1. The van der Waals surface area contributed by atoms with Gasteiger partial charge in [-0.1, -0.05) is 6.07 Å². The third-order valence-electron chi connectivity index (χ3n) is 5.22. The van der Waals surface area contributed by atoms with Crippen LogP contribution in [0.3, 0.4) is 0 Å². The van der Waals surface area contributed by atoms with Crippen molar-refractivity contribution < 1.29 is 4.74 Å². The van der Waals surface area contributed by atoms with Crippen molar-refractivity contribution in [1.82, 2.24) is 19.9 Å². The first kappa shape index (κ1) is 16.4. The largest absolute Gasteiger partial charge is 0.381 e. The Hall–Kier alpha value is -2.05. The maximum atomic E-state index is 12.1. The number of piperidine rings is 1. The van der Waals surface area contributed by atoms with Gasteiger partial charge < -0.3 is 14.6 Å². The predicted octanol–water partition coefficient (Wildman–Crippen LogP) is 2.05. The Kier molecular flexibility index (Phi) is 4.90. The van der Waals surface area contributed by atoms with Crippen molar-refractivity contribution in [1.29, 1.82) is 0 Å². The first-order valence-electron chi connectivity index (χ1n) is 9.11. The lowest BCUT2D eigenvalue weighted by molar-refractivity contribution is 0.151. The molecule has 4 heterocycles. The molecule has 2 aliphatic rings. The molecule has 2 aromatic heterocycles. The topological polar surface area (TPSA) is 71.1 Å². The van der Waals surface area contributed by atoms with E-state index in [1.54, 1.807) is 12.3 Å². The number of nitrogens with zero attached hydrogens (tertiary/aromatic N) is 3. The molecule has 25 heavy (non-hydrogen) atoms. The highest BCUT2D eigenvalue weighted by Gasteiger charge is 2.25. The van der Waals surface area contributed by atoms with Gasteiger partial charge in [-0.3, -0.25) is 9.78 Å². The fourth-order valence-corrected chi connectivity index (χ4v) is 3.81. The van der Waals surface area contributed by atoms with Gasteiger partial charge >= 0.3 is 0 Å². The summed E-state index contributed by atoms with van der Waals surface area (Å²) in [6.07, 6.45) is 4.99. The van der Waals surface area contributed by atoms with Crippen molar-refractivity contribution in [3.05, 3.63) is 46.5 Å². The van der Waals surface area contributed by atoms with Gasteiger partial charge in [-0.25, -0.2) is 4.98 Å². The molecule has 4 rings (SSSR count). The molecule has 0 spiro atoms. The summed E-state index contributed by atoms with van der Waals surface area (Å²) in [4.78, 5) is 26.4. The van der Waals surface area contributed by atoms with Crippen LogP contribution in [-0.2, 0) is 4.74 Å². The van der Waals surface area contributed by atoms with Crippen molar-refractivity contribution in [2.24, 2.45) is 5.92 Å². The molecule has 0 bridgehead atoms. The van der Waals surface area contributed by atoms with Crippen molar-refractivity contribution in [3.8, 4) is 11.5 Å². The van der Waals surface area contributed by atoms with Gasteiger partial charge in [-0.2, -0.15) is 0 Å². The number of ether oxygens (including phenoxy) is 1. The van der Waals surface area contributed by atoms with Gasteiger partial charge in [0.05, 0.1) is 12.3 Å². The summed E-state index contributed by atoms with van der Waals surface area (Å²) in [6.45, 7) is 5.08. The van der Waals surface area contributed by atoms with Gasteiger partial charge in [0.2, 0.25) is 0 Å². The van der Waals surface area contributed by atoms with Gasteiger partial charge in [-0.15, -0.1) is 0 Å². The molecule has 2 saturated heterocycles. The number of H-pyrrole nitrogens is 1. The molecule has 0 aliphatic carbocycles. The Bertz CT molecular complexity index is 748. The number of hydrogen-bond acceptors (Lipinski definition) is 5. The number of rotatable bonds is 4. The van der Waals surface area contributed by atoms with Crippen molar-refractivity contribution >= 4 is 0 Å². The summed E-state index contributed by atoms with van der Waals surface area (Å²) >= 11 is 0. The Morgan fingerprint density at radius 1 is 1.24 bits per heavy atom. The number of pyridine rings is 1. The SMILES string of the molecule is O=c1cc(C2CCN(C[C@@H]3CCOC3)CC2)nc(-c2ccccn2)[nH]1. The molecule has 0 aromatic carbocycles. The van der Waals surface area contributed by atoms with E-state index in [9.17, 15) is 4.79 Å². The zero-order valence-corrected chi connectivity index (χ0v) is 14.4. The average Bonchev–Trinajstić information content (AvgIpc) is 3.16. The fraction of sp³-hybridized carbons (Fsp3) is 0.526. The van der Waals surface area contributed by atoms with Crippen LogP contribution in [0.1, 0.15) is 30.9 Å². The van der Waals surface area contributed by atoms with Crippen LogP contribution in [0.25, 0.3) is 11.5 Å². The minimum Gasteiger partial charge on any atom is -0.381 e. The lowest BCUT2D eigenvalue weighted by atomic mass is 9.92. The average molecular weight is 340 g/mol. The van der Waals surface area contributed by atoms with Crippen LogP contribution in [-0.4, -0.2) is 52.7 Å². The van der Waals surface area contributed by atoms with E-state index in [0.717, 1.165) is 51.4 Å². The summed E-state index contributed by atoms with van der Waals surface area (Å²) in [7, 11) is 0. The standard InChI is InChI=1S/C19H24N4O2/c24-18-11-17(21-19(22-18)16-3-1-2-7-20-16)15-4-8-23(9-5-15)12-14-6-10-25-13-14/h1-3,7,11,14-15H,4-6,8-10,12-13H2,(H,21,22,24)/t14-/m0/s1. The van der Waals surface area contributed by atoms with Gasteiger partial charge in [0.25, 0.3) is 5.56 Å². The normalized spacial score (nSPS) is 22.3. The van der Waals surface area contributed by atoms with Crippen LogP contribution in [0.2, 0.25) is 0 Å². The molecule has 1 N–H and O–H groups in total. The molecular weight excluding hydrogens is 316 g/mol. The second kappa shape index (κ2) is 7.45. The highest BCUT2D eigenvalue weighted by molar-refractivity contribution is 5.48. The minimum absolute atomic E-state index is 0.101. The second-order valence-corrected chi connectivity index (χ2v) is 7.04. The van der Waals surface area contributed by atoms with E-state index in [-0.39, 0.29) is 5.56 Å². The summed E-state index contributed by atoms with van der Waals surface area (Å²) in [5.74, 6) is 1.60. The molecular formula is C19H24N4O2. The number of aromatic amines is 1. The zero-order valence-electron chi connectivity index (χ0n) is 14.4. The van der Waals surface area contributed by atoms with E-state index >= 15 is 0 Å². The highest BCUT2D eigenvalue weighted by atomic mass is 16.5. The molecule has 132 valence electrons. The zero-order chi connectivity index (χ0) is 17.1. The van der Waals surface area contributed by atoms with E-state index < -0.39 is 0 Å². The molecule has 2 aliphatic heterocycles. The number of likely N-dealkylation sites (tertiary alicyclic amines) is 1. The quantitative estimate of drug-likeness (QED) is 0.922. The lowest BCUT2D eigenvalue weighted by Crippen LogP contribution is -2.37. The van der Waals surface area contributed by atoms with Gasteiger partial charge in [0, 0.05) is 31.3 Å². The first-order chi connectivity index (χ1) is 12.3. The Labute approximate surface area is 147 Å². The van der Waals surface area contributed by atoms with Crippen molar-refractivity contribution in [2.75, 3.05) is 32.8 Å². The van der Waals surface area contributed by atoms with Crippen LogP contribution >= 0.6 is 0 Å². The molecule has 0 saturated carbocycles. The molecule has 0 amide bonds. The predicted molar refractivity (Wildman–Crippen MR) is 95.4 cm³/mol. The molecule has 1 atom stereocenters. The third kappa shape index (κ3) is 3.96. The smallest absolute Gasteiger partial charge is 0.251 e. The number of hydrogen-bond donors (Lipinski definition) is 1. The maximum absolute atomic E-state index is 12.1. The molecule has 6 nitrogen and oxygen atoms in total. The van der Waals surface area contributed by atoms with Gasteiger partial charge in [0.15, 0.2) is 5.82 Å². The second-order valence-electron chi connectivity index (χ2n) is 7.04. The van der Waals surface area contributed by atoms with E-state index in [2.05, 4.69) is 14.9 Å². The minimum atomic E-state index is -0.101. The monoisotopic (exact) mass is 340 g/mol.